The second-order valence-corrected chi connectivity index (χ2v) is 6.30. The second-order valence-electron chi connectivity index (χ2n) is 6.30. The molecular weight excluding hydrogens is 280 g/mol. The molecule has 0 amide bonds. The number of carboxylic acids is 1. The van der Waals surface area contributed by atoms with E-state index in [-0.39, 0.29) is 5.41 Å². The van der Waals surface area contributed by atoms with Crippen molar-refractivity contribution in [3.05, 3.63) is 46.1 Å². The fourth-order valence-corrected chi connectivity index (χ4v) is 2.91. The number of rotatable bonds is 4. The first-order chi connectivity index (χ1) is 10.3. The molecule has 4 nitrogen and oxygen atoms in total. The van der Waals surface area contributed by atoms with Crippen LogP contribution in [0, 0.1) is 5.41 Å². The van der Waals surface area contributed by atoms with Crippen LogP contribution < -0.4 is 0 Å². The number of hydrogen-bond acceptors (Lipinski definition) is 3. The lowest BCUT2D eigenvalue weighted by Gasteiger charge is -2.22. The summed E-state index contributed by atoms with van der Waals surface area (Å²) < 4.78 is 4.88. The third-order valence-corrected chi connectivity index (χ3v) is 4.32. The normalized spacial score (nSPS) is 20.8. The summed E-state index contributed by atoms with van der Waals surface area (Å²) in [5.41, 5.74) is 2.84. The van der Waals surface area contributed by atoms with Gasteiger partial charge in [0.25, 0.3) is 0 Å². The molecule has 0 heterocycles. The number of hydrogen-bond donors (Lipinski definition) is 1. The average Bonchev–Trinajstić information content (AvgIpc) is 3.18. The number of carbonyl (C=O) groups is 2. The molecule has 0 spiro atoms. The predicted molar refractivity (Wildman–Crippen MR) is 84.2 cm³/mol. The average molecular weight is 302 g/mol. The number of methoxy groups -OCH3 is 1. The summed E-state index contributed by atoms with van der Waals surface area (Å²) in [7, 11) is 1.34. The Morgan fingerprint density at radius 3 is 2.36 bits per heavy atom. The molecule has 0 unspecified atom stereocenters. The molecule has 1 N–H and O–H groups in total. The molecule has 0 aliphatic heterocycles. The first-order valence-corrected chi connectivity index (χ1v) is 7.42. The number of carboxylic acid groups (broad SMARTS) is 1. The van der Waals surface area contributed by atoms with E-state index in [2.05, 4.69) is 0 Å². The molecule has 1 fully saturated rings. The minimum atomic E-state index is -0.894. The van der Waals surface area contributed by atoms with Crippen LogP contribution in [0.3, 0.4) is 0 Å². The van der Waals surface area contributed by atoms with Crippen LogP contribution in [0.1, 0.15) is 40.0 Å². The minimum Gasteiger partial charge on any atom is -0.478 e. The van der Waals surface area contributed by atoms with Crippen molar-refractivity contribution >= 4 is 11.9 Å². The van der Waals surface area contributed by atoms with Gasteiger partial charge in [-0.05, 0) is 44.3 Å². The zero-order chi connectivity index (χ0) is 16.5. The largest absolute Gasteiger partial charge is 0.478 e. The molecule has 0 aromatic rings. The summed E-state index contributed by atoms with van der Waals surface area (Å²) in [4.78, 5) is 24.0. The van der Waals surface area contributed by atoms with Crippen molar-refractivity contribution in [2.24, 2.45) is 5.41 Å². The highest BCUT2D eigenvalue weighted by Crippen LogP contribution is 2.54. The first-order valence-electron chi connectivity index (χ1n) is 7.42. The Balaban J connectivity index is 2.64. The SMILES string of the molecule is COC(=O)C(C1=CC=CCC1=C(C(=O)O)C1(C)CC1)=C(C)C. The minimum absolute atomic E-state index is 0.283. The van der Waals surface area contributed by atoms with Gasteiger partial charge < -0.3 is 9.84 Å². The molecule has 0 atom stereocenters. The van der Waals surface area contributed by atoms with E-state index in [9.17, 15) is 14.7 Å². The summed E-state index contributed by atoms with van der Waals surface area (Å²) >= 11 is 0. The molecule has 0 bridgehead atoms. The van der Waals surface area contributed by atoms with E-state index in [0.717, 1.165) is 24.0 Å². The van der Waals surface area contributed by atoms with Gasteiger partial charge >= 0.3 is 11.9 Å². The van der Waals surface area contributed by atoms with Crippen LogP contribution in [0.2, 0.25) is 0 Å². The molecular formula is C18H22O4. The van der Waals surface area contributed by atoms with Crippen molar-refractivity contribution in [2.75, 3.05) is 7.11 Å². The highest BCUT2D eigenvalue weighted by Gasteiger charge is 2.46. The lowest BCUT2D eigenvalue weighted by Crippen LogP contribution is -2.18. The van der Waals surface area contributed by atoms with Gasteiger partial charge in [0, 0.05) is 11.0 Å². The maximum absolute atomic E-state index is 12.1. The Morgan fingerprint density at radius 2 is 1.91 bits per heavy atom. The smallest absolute Gasteiger partial charge is 0.338 e. The fourth-order valence-electron chi connectivity index (χ4n) is 2.91. The number of allylic oxidation sites excluding steroid dienone is 5. The van der Waals surface area contributed by atoms with Crippen LogP contribution >= 0.6 is 0 Å². The zero-order valence-corrected chi connectivity index (χ0v) is 13.5. The maximum Gasteiger partial charge on any atom is 0.338 e. The Kier molecular flexibility index (Phi) is 4.40. The molecule has 118 valence electrons. The van der Waals surface area contributed by atoms with Crippen LogP contribution in [-0.4, -0.2) is 24.2 Å². The Bertz CT molecular complexity index is 636. The maximum atomic E-state index is 12.1. The van der Waals surface area contributed by atoms with Crippen molar-refractivity contribution in [2.45, 2.75) is 40.0 Å². The Labute approximate surface area is 130 Å². The van der Waals surface area contributed by atoms with Gasteiger partial charge in [-0.1, -0.05) is 30.7 Å². The molecule has 4 heteroatoms. The Hall–Kier alpha value is -2.10. The molecule has 0 saturated heterocycles. The van der Waals surface area contributed by atoms with E-state index in [1.807, 2.05) is 39.0 Å². The summed E-state index contributed by atoms with van der Waals surface area (Å²) in [6, 6.07) is 0. The van der Waals surface area contributed by atoms with Gasteiger partial charge in [-0.2, -0.15) is 0 Å². The second kappa shape index (κ2) is 5.95. The van der Waals surface area contributed by atoms with Crippen molar-refractivity contribution in [1.82, 2.24) is 0 Å². The summed E-state index contributed by atoms with van der Waals surface area (Å²) in [5.74, 6) is -1.32. The van der Waals surface area contributed by atoms with Crippen LogP contribution in [0.15, 0.2) is 46.1 Å². The van der Waals surface area contributed by atoms with Crippen LogP contribution in [-0.2, 0) is 14.3 Å². The summed E-state index contributed by atoms with van der Waals surface area (Å²) in [5, 5.41) is 9.69. The molecule has 2 rings (SSSR count). The fraction of sp³-hybridized carbons (Fsp3) is 0.444. The zero-order valence-electron chi connectivity index (χ0n) is 13.5. The third kappa shape index (κ3) is 2.91. The van der Waals surface area contributed by atoms with Gasteiger partial charge in [-0.15, -0.1) is 0 Å². The van der Waals surface area contributed by atoms with Crippen LogP contribution in [0.5, 0.6) is 0 Å². The van der Waals surface area contributed by atoms with Gasteiger partial charge in [0.05, 0.1) is 12.7 Å². The van der Waals surface area contributed by atoms with Gasteiger partial charge in [0.1, 0.15) is 0 Å². The topological polar surface area (TPSA) is 63.6 Å². The lowest BCUT2D eigenvalue weighted by molar-refractivity contribution is -0.136. The highest BCUT2D eigenvalue weighted by atomic mass is 16.5. The van der Waals surface area contributed by atoms with Crippen LogP contribution in [0.4, 0.5) is 0 Å². The molecule has 2 aliphatic rings. The monoisotopic (exact) mass is 302 g/mol. The van der Waals surface area contributed by atoms with Gasteiger partial charge in [0.2, 0.25) is 0 Å². The molecule has 0 radical (unpaired) electrons. The van der Waals surface area contributed by atoms with Crippen molar-refractivity contribution in [3.63, 3.8) is 0 Å². The molecule has 0 aromatic heterocycles. The van der Waals surface area contributed by atoms with E-state index in [4.69, 9.17) is 4.74 Å². The quantitative estimate of drug-likeness (QED) is 0.637. The summed E-state index contributed by atoms with van der Waals surface area (Å²) in [6.07, 6.45) is 7.87. The number of esters is 1. The Morgan fingerprint density at radius 1 is 1.27 bits per heavy atom. The molecule has 22 heavy (non-hydrogen) atoms. The first kappa shape index (κ1) is 16.3. The standard InChI is InChI=1S/C18H22O4/c1-11(2)14(17(21)22-4)12-7-5-6-8-13(12)15(16(19)20)18(3)9-10-18/h5-7H,8-10H2,1-4H3,(H,19,20). The van der Waals surface area contributed by atoms with Gasteiger partial charge in [-0.3, -0.25) is 0 Å². The predicted octanol–water partition coefficient (Wildman–Crippen LogP) is 3.56. The molecule has 0 aromatic carbocycles. The van der Waals surface area contributed by atoms with Crippen LogP contribution in [0.25, 0.3) is 0 Å². The van der Waals surface area contributed by atoms with E-state index in [1.165, 1.54) is 7.11 Å². The number of aliphatic carboxylic acids is 1. The lowest BCUT2D eigenvalue weighted by atomic mass is 9.82. The van der Waals surface area contributed by atoms with E-state index in [1.54, 1.807) is 0 Å². The van der Waals surface area contributed by atoms with E-state index in [0.29, 0.717) is 23.1 Å². The third-order valence-electron chi connectivity index (χ3n) is 4.32. The van der Waals surface area contributed by atoms with E-state index < -0.39 is 11.9 Å². The van der Waals surface area contributed by atoms with E-state index >= 15 is 0 Å². The highest BCUT2D eigenvalue weighted by molar-refractivity contribution is 5.98. The van der Waals surface area contributed by atoms with Crippen molar-refractivity contribution in [1.29, 1.82) is 0 Å². The summed E-state index contributed by atoms with van der Waals surface area (Å²) in [6.45, 7) is 5.64. The van der Waals surface area contributed by atoms with Gasteiger partial charge in [-0.25, -0.2) is 9.59 Å². The number of carbonyl (C=O) groups excluding carboxylic acids is 1. The number of ether oxygens (including phenoxy) is 1. The van der Waals surface area contributed by atoms with Gasteiger partial charge in [0.15, 0.2) is 0 Å². The van der Waals surface area contributed by atoms with Crippen molar-refractivity contribution in [3.8, 4) is 0 Å². The molecule has 1 saturated carbocycles. The van der Waals surface area contributed by atoms with Crippen molar-refractivity contribution < 1.29 is 19.4 Å². The molecule has 2 aliphatic carbocycles.